The first-order chi connectivity index (χ1) is 10.2. The Labute approximate surface area is 124 Å². The normalized spacial score (nSPS) is 26.7. The predicted molar refractivity (Wildman–Crippen MR) is 76.3 cm³/mol. The van der Waals surface area contributed by atoms with Gasteiger partial charge in [0.2, 0.25) is 17.7 Å². The number of nitrogens with one attached hydrogen (secondary N) is 2. The minimum absolute atomic E-state index is 0.0496. The number of nitrogens with zero attached hydrogens (tertiary/aromatic N) is 1. The SMILES string of the molecule is O=C(NCCNC1CC(=O)N(C2CCCC2)C1=O)C1CC1. The second-order valence-corrected chi connectivity index (χ2v) is 6.32. The molecule has 0 aromatic heterocycles. The molecule has 1 saturated heterocycles. The fourth-order valence-electron chi connectivity index (χ4n) is 3.28. The minimum Gasteiger partial charge on any atom is -0.355 e. The molecule has 3 aliphatic rings. The van der Waals surface area contributed by atoms with Gasteiger partial charge in [0, 0.05) is 25.0 Å². The molecule has 21 heavy (non-hydrogen) atoms. The lowest BCUT2D eigenvalue weighted by Crippen LogP contribution is -2.44. The van der Waals surface area contributed by atoms with Crippen molar-refractivity contribution in [1.82, 2.24) is 15.5 Å². The quantitative estimate of drug-likeness (QED) is 0.540. The van der Waals surface area contributed by atoms with Gasteiger partial charge in [-0.2, -0.15) is 0 Å². The second kappa shape index (κ2) is 6.13. The maximum absolute atomic E-state index is 12.3. The van der Waals surface area contributed by atoms with E-state index < -0.39 is 6.04 Å². The fraction of sp³-hybridized carbons (Fsp3) is 0.800. The van der Waals surface area contributed by atoms with Crippen LogP contribution in [-0.4, -0.2) is 47.8 Å². The summed E-state index contributed by atoms with van der Waals surface area (Å²) >= 11 is 0. The van der Waals surface area contributed by atoms with E-state index in [2.05, 4.69) is 10.6 Å². The second-order valence-electron chi connectivity index (χ2n) is 6.32. The summed E-state index contributed by atoms with van der Waals surface area (Å²) in [6.45, 7) is 1.04. The van der Waals surface area contributed by atoms with Crippen LogP contribution in [0.25, 0.3) is 0 Å². The van der Waals surface area contributed by atoms with E-state index in [-0.39, 0.29) is 36.1 Å². The molecule has 116 valence electrons. The monoisotopic (exact) mass is 293 g/mol. The van der Waals surface area contributed by atoms with E-state index in [9.17, 15) is 14.4 Å². The number of imide groups is 1. The summed E-state index contributed by atoms with van der Waals surface area (Å²) in [6, 6.07) is -0.290. The van der Waals surface area contributed by atoms with E-state index in [0.717, 1.165) is 38.5 Å². The van der Waals surface area contributed by atoms with Crippen molar-refractivity contribution < 1.29 is 14.4 Å². The molecule has 3 rings (SSSR count). The molecule has 2 N–H and O–H groups in total. The van der Waals surface area contributed by atoms with E-state index in [4.69, 9.17) is 0 Å². The highest BCUT2D eigenvalue weighted by atomic mass is 16.2. The first kappa shape index (κ1) is 14.5. The van der Waals surface area contributed by atoms with Gasteiger partial charge in [0.05, 0.1) is 12.5 Å². The zero-order valence-corrected chi connectivity index (χ0v) is 12.3. The molecule has 1 atom stereocenters. The summed E-state index contributed by atoms with van der Waals surface area (Å²) in [5, 5.41) is 5.95. The van der Waals surface area contributed by atoms with Crippen LogP contribution in [-0.2, 0) is 14.4 Å². The number of rotatable bonds is 6. The van der Waals surface area contributed by atoms with Crippen LogP contribution in [0.3, 0.4) is 0 Å². The molecule has 0 aromatic rings. The van der Waals surface area contributed by atoms with E-state index in [0.29, 0.717) is 13.1 Å². The average Bonchev–Trinajstić information content (AvgIpc) is 3.11. The van der Waals surface area contributed by atoms with Gasteiger partial charge >= 0.3 is 0 Å². The predicted octanol–water partition coefficient (Wildman–Crippen LogP) is 0.172. The lowest BCUT2D eigenvalue weighted by Gasteiger charge is -2.22. The topological polar surface area (TPSA) is 78.5 Å². The summed E-state index contributed by atoms with van der Waals surface area (Å²) in [4.78, 5) is 37.3. The molecule has 6 heteroatoms. The number of likely N-dealkylation sites (tertiary alicyclic amines) is 1. The van der Waals surface area contributed by atoms with Crippen molar-refractivity contribution in [3.8, 4) is 0 Å². The van der Waals surface area contributed by atoms with Gasteiger partial charge in [0.1, 0.15) is 0 Å². The molecule has 6 nitrogen and oxygen atoms in total. The van der Waals surface area contributed by atoms with Gasteiger partial charge in [-0.25, -0.2) is 0 Å². The van der Waals surface area contributed by atoms with Crippen molar-refractivity contribution in [2.75, 3.05) is 13.1 Å². The number of carbonyl (C=O) groups is 3. The number of carbonyl (C=O) groups excluding carboxylic acids is 3. The van der Waals surface area contributed by atoms with Crippen LogP contribution in [0.2, 0.25) is 0 Å². The van der Waals surface area contributed by atoms with Crippen molar-refractivity contribution >= 4 is 17.7 Å². The Hall–Kier alpha value is -1.43. The maximum Gasteiger partial charge on any atom is 0.247 e. The lowest BCUT2D eigenvalue weighted by atomic mass is 10.2. The Bertz CT molecular complexity index is 441. The largest absolute Gasteiger partial charge is 0.355 e. The fourth-order valence-corrected chi connectivity index (χ4v) is 3.28. The van der Waals surface area contributed by atoms with Gasteiger partial charge in [0.25, 0.3) is 0 Å². The summed E-state index contributed by atoms with van der Waals surface area (Å²) in [6.07, 6.45) is 6.34. The van der Waals surface area contributed by atoms with Gasteiger partial charge in [-0.3, -0.25) is 19.3 Å². The molecule has 2 aliphatic carbocycles. The Kier molecular flexibility index (Phi) is 4.24. The third kappa shape index (κ3) is 3.26. The molecule has 3 amide bonds. The third-order valence-corrected chi connectivity index (χ3v) is 4.64. The van der Waals surface area contributed by atoms with Gasteiger partial charge in [0.15, 0.2) is 0 Å². The van der Waals surface area contributed by atoms with Crippen LogP contribution in [0.5, 0.6) is 0 Å². The van der Waals surface area contributed by atoms with Crippen LogP contribution in [0.15, 0.2) is 0 Å². The number of hydrogen-bond acceptors (Lipinski definition) is 4. The lowest BCUT2D eigenvalue weighted by molar-refractivity contribution is -0.141. The molecule has 0 spiro atoms. The van der Waals surface area contributed by atoms with Crippen molar-refractivity contribution in [2.24, 2.45) is 5.92 Å². The molecule has 2 saturated carbocycles. The van der Waals surface area contributed by atoms with Crippen LogP contribution in [0.4, 0.5) is 0 Å². The van der Waals surface area contributed by atoms with Crippen molar-refractivity contribution in [1.29, 1.82) is 0 Å². The zero-order chi connectivity index (χ0) is 14.8. The molecular formula is C15H23N3O3. The maximum atomic E-state index is 12.3. The third-order valence-electron chi connectivity index (χ3n) is 4.64. The number of hydrogen-bond donors (Lipinski definition) is 2. The summed E-state index contributed by atoms with van der Waals surface area (Å²) in [5.41, 5.74) is 0. The van der Waals surface area contributed by atoms with E-state index >= 15 is 0 Å². The van der Waals surface area contributed by atoms with Gasteiger partial charge in [-0.05, 0) is 25.7 Å². The van der Waals surface area contributed by atoms with Gasteiger partial charge in [-0.1, -0.05) is 12.8 Å². The molecule has 1 unspecified atom stereocenters. The molecule has 0 aromatic carbocycles. The number of amides is 3. The molecular weight excluding hydrogens is 270 g/mol. The van der Waals surface area contributed by atoms with Crippen LogP contribution in [0.1, 0.15) is 44.9 Å². The van der Waals surface area contributed by atoms with Crippen molar-refractivity contribution in [3.05, 3.63) is 0 Å². The van der Waals surface area contributed by atoms with Crippen molar-refractivity contribution in [3.63, 3.8) is 0 Å². The van der Waals surface area contributed by atoms with Gasteiger partial charge < -0.3 is 10.6 Å². The Balaban J connectivity index is 1.42. The highest BCUT2D eigenvalue weighted by molar-refractivity contribution is 6.05. The average molecular weight is 293 g/mol. The first-order valence-corrected chi connectivity index (χ1v) is 8.04. The van der Waals surface area contributed by atoms with E-state index in [1.165, 1.54) is 4.90 Å². The van der Waals surface area contributed by atoms with Crippen LogP contribution >= 0.6 is 0 Å². The first-order valence-electron chi connectivity index (χ1n) is 8.04. The van der Waals surface area contributed by atoms with Crippen molar-refractivity contribution in [2.45, 2.75) is 57.0 Å². The van der Waals surface area contributed by atoms with E-state index in [1.54, 1.807) is 0 Å². The standard InChI is InChI=1S/C15H23N3O3/c19-13-9-12(15(21)18(13)11-3-1-2-4-11)16-7-8-17-14(20)10-5-6-10/h10-12,16H,1-9H2,(H,17,20). The Morgan fingerprint density at radius 3 is 2.48 bits per heavy atom. The molecule has 0 bridgehead atoms. The highest BCUT2D eigenvalue weighted by Crippen LogP contribution is 2.29. The molecule has 0 radical (unpaired) electrons. The molecule has 1 heterocycles. The Morgan fingerprint density at radius 1 is 1.10 bits per heavy atom. The molecule has 3 fully saturated rings. The van der Waals surface area contributed by atoms with Gasteiger partial charge in [-0.15, -0.1) is 0 Å². The zero-order valence-electron chi connectivity index (χ0n) is 12.3. The summed E-state index contributed by atoms with van der Waals surface area (Å²) in [7, 11) is 0. The van der Waals surface area contributed by atoms with E-state index in [1.807, 2.05) is 0 Å². The minimum atomic E-state index is -0.407. The Morgan fingerprint density at radius 2 is 1.81 bits per heavy atom. The smallest absolute Gasteiger partial charge is 0.247 e. The summed E-state index contributed by atoms with van der Waals surface area (Å²) in [5.74, 6) is 0.183. The highest BCUT2D eigenvalue weighted by Gasteiger charge is 2.42. The summed E-state index contributed by atoms with van der Waals surface area (Å²) < 4.78 is 0. The van der Waals surface area contributed by atoms with Crippen LogP contribution < -0.4 is 10.6 Å². The van der Waals surface area contributed by atoms with Crippen LogP contribution in [0, 0.1) is 5.92 Å². The molecule has 1 aliphatic heterocycles.